The van der Waals surface area contributed by atoms with Gasteiger partial charge in [-0.25, -0.2) is 0 Å². The van der Waals surface area contributed by atoms with Gasteiger partial charge in [0.25, 0.3) is 0 Å². The Hall–Kier alpha value is -1.75. The Morgan fingerprint density at radius 2 is 2.27 bits per heavy atom. The summed E-state index contributed by atoms with van der Waals surface area (Å²) >= 11 is 5.91. The van der Waals surface area contributed by atoms with Gasteiger partial charge in [-0.1, -0.05) is 29.8 Å². The number of nitrogens with zero attached hydrogens (tertiary/aromatic N) is 1. The van der Waals surface area contributed by atoms with Crippen molar-refractivity contribution in [3.05, 3.63) is 64.4 Å². The lowest BCUT2D eigenvalue weighted by molar-refractivity contribution is 0.0250. The molecule has 1 N–H and O–H groups in total. The molecule has 1 fully saturated rings. The van der Waals surface area contributed by atoms with Crippen LogP contribution in [0.5, 0.6) is 0 Å². The van der Waals surface area contributed by atoms with Crippen LogP contribution in [-0.4, -0.2) is 30.5 Å². The Kier molecular flexibility index (Phi) is 4.83. The van der Waals surface area contributed by atoms with E-state index in [1.807, 2.05) is 12.1 Å². The number of morpholine rings is 1. The molecule has 1 atom stereocenters. The molecule has 4 nitrogen and oxygen atoms in total. The second kappa shape index (κ2) is 7.01. The predicted molar refractivity (Wildman–Crippen MR) is 85.3 cm³/mol. The van der Waals surface area contributed by atoms with Crippen molar-refractivity contribution in [1.82, 2.24) is 10.3 Å². The molecule has 0 bridgehead atoms. The first-order chi connectivity index (χ1) is 10.7. The zero-order chi connectivity index (χ0) is 15.4. The molecule has 1 aliphatic rings. The van der Waals surface area contributed by atoms with Gasteiger partial charge >= 0.3 is 0 Å². The van der Waals surface area contributed by atoms with E-state index in [0.717, 1.165) is 24.3 Å². The standard InChI is InChI=1S/C17H17ClN2O2/c18-14-3-1-2-13(9-14)16(21)8-12-4-5-15(20-10-12)17-11-19-6-7-22-17/h1-5,9-10,17,19H,6-8,11H2. The van der Waals surface area contributed by atoms with Gasteiger partial charge in [-0.05, 0) is 23.8 Å². The molecule has 1 aromatic carbocycles. The van der Waals surface area contributed by atoms with Gasteiger partial charge in [0.05, 0.1) is 12.3 Å². The SMILES string of the molecule is O=C(Cc1ccc(C2CNCCO2)nc1)c1cccc(Cl)c1. The maximum atomic E-state index is 12.2. The molecule has 1 unspecified atom stereocenters. The lowest BCUT2D eigenvalue weighted by Crippen LogP contribution is -2.33. The van der Waals surface area contributed by atoms with Crippen LogP contribution in [0.2, 0.25) is 5.02 Å². The minimum absolute atomic E-state index is 0.00793. The lowest BCUT2D eigenvalue weighted by Gasteiger charge is -2.23. The Morgan fingerprint density at radius 1 is 1.36 bits per heavy atom. The van der Waals surface area contributed by atoms with Crippen LogP contribution < -0.4 is 5.32 Å². The fourth-order valence-corrected chi connectivity index (χ4v) is 2.63. The Balaban J connectivity index is 1.66. The normalized spacial score (nSPS) is 18.1. The number of ketones is 1. The Bertz CT molecular complexity index is 652. The molecular weight excluding hydrogens is 300 g/mol. The van der Waals surface area contributed by atoms with Gasteiger partial charge in [-0.3, -0.25) is 9.78 Å². The number of benzene rings is 1. The second-order valence-electron chi connectivity index (χ2n) is 5.27. The molecule has 5 heteroatoms. The molecule has 22 heavy (non-hydrogen) atoms. The Labute approximate surface area is 134 Å². The lowest BCUT2D eigenvalue weighted by atomic mass is 10.0. The molecule has 1 aromatic heterocycles. The first-order valence-corrected chi connectivity index (χ1v) is 7.66. The van der Waals surface area contributed by atoms with E-state index in [4.69, 9.17) is 16.3 Å². The van der Waals surface area contributed by atoms with Crippen molar-refractivity contribution in [3.63, 3.8) is 0 Å². The molecule has 114 valence electrons. The van der Waals surface area contributed by atoms with Crippen molar-refractivity contribution in [2.45, 2.75) is 12.5 Å². The van der Waals surface area contributed by atoms with E-state index >= 15 is 0 Å². The van der Waals surface area contributed by atoms with Crippen molar-refractivity contribution in [3.8, 4) is 0 Å². The van der Waals surface area contributed by atoms with Crippen molar-refractivity contribution >= 4 is 17.4 Å². The highest BCUT2D eigenvalue weighted by molar-refractivity contribution is 6.31. The van der Waals surface area contributed by atoms with E-state index in [1.165, 1.54) is 0 Å². The van der Waals surface area contributed by atoms with E-state index in [-0.39, 0.29) is 11.9 Å². The summed E-state index contributed by atoms with van der Waals surface area (Å²) in [6, 6.07) is 10.9. The smallest absolute Gasteiger partial charge is 0.167 e. The molecule has 3 rings (SSSR count). The highest BCUT2D eigenvalue weighted by Crippen LogP contribution is 2.18. The minimum atomic E-state index is -0.00793. The number of halogens is 1. The number of aromatic nitrogens is 1. The number of rotatable bonds is 4. The van der Waals surface area contributed by atoms with Crippen molar-refractivity contribution in [2.24, 2.45) is 0 Å². The molecule has 0 amide bonds. The molecule has 0 radical (unpaired) electrons. The third-order valence-corrected chi connectivity index (χ3v) is 3.85. The zero-order valence-electron chi connectivity index (χ0n) is 12.1. The Morgan fingerprint density at radius 3 is 2.95 bits per heavy atom. The fraction of sp³-hybridized carbons (Fsp3) is 0.294. The van der Waals surface area contributed by atoms with Crippen LogP contribution in [0, 0.1) is 0 Å². The molecule has 0 saturated carbocycles. The first-order valence-electron chi connectivity index (χ1n) is 7.28. The van der Waals surface area contributed by atoms with Crippen LogP contribution in [-0.2, 0) is 11.2 Å². The third kappa shape index (κ3) is 3.71. The van der Waals surface area contributed by atoms with Gasteiger partial charge < -0.3 is 10.1 Å². The summed E-state index contributed by atoms with van der Waals surface area (Å²) in [7, 11) is 0. The van der Waals surface area contributed by atoms with E-state index in [2.05, 4.69) is 10.3 Å². The number of carbonyl (C=O) groups is 1. The van der Waals surface area contributed by atoms with Crippen LogP contribution in [0.4, 0.5) is 0 Å². The fourth-order valence-electron chi connectivity index (χ4n) is 2.44. The number of hydrogen-bond acceptors (Lipinski definition) is 4. The molecular formula is C17H17ClN2O2. The molecule has 0 spiro atoms. The zero-order valence-corrected chi connectivity index (χ0v) is 12.8. The van der Waals surface area contributed by atoms with Crippen LogP contribution in [0.3, 0.4) is 0 Å². The van der Waals surface area contributed by atoms with Gasteiger partial charge in [-0.15, -0.1) is 0 Å². The molecule has 2 heterocycles. The van der Waals surface area contributed by atoms with E-state index in [0.29, 0.717) is 23.6 Å². The topological polar surface area (TPSA) is 51.2 Å². The van der Waals surface area contributed by atoms with Gasteiger partial charge in [0.15, 0.2) is 5.78 Å². The summed E-state index contributed by atoms with van der Waals surface area (Å²) in [4.78, 5) is 16.7. The summed E-state index contributed by atoms with van der Waals surface area (Å²) in [5.74, 6) is 0.0348. The molecule has 1 aliphatic heterocycles. The van der Waals surface area contributed by atoms with Crippen LogP contribution >= 0.6 is 11.6 Å². The van der Waals surface area contributed by atoms with E-state index in [9.17, 15) is 4.79 Å². The maximum Gasteiger partial charge on any atom is 0.167 e. The van der Waals surface area contributed by atoms with Crippen LogP contribution in [0.1, 0.15) is 27.7 Å². The predicted octanol–water partition coefficient (Wildman–Crippen LogP) is 2.82. The number of Topliss-reactive ketones (excluding diaryl/α,β-unsaturated/α-hetero) is 1. The largest absolute Gasteiger partial charge is 0.369 e. The van der Waals surface area contributed by atoms with Gasteiger partial charge in [0, 0.05) is 36.3 Å². The maximum absolute atomic E-state index is 12.2. The molecule has 2 aromatic rings. The van der Waals surface area contributed by atoms with Gasteiger partial charge in [-0.2, -0.15) is 0 Å². The number of ether oxygens (including phenoxy) is 1. The van der Waals surface area contributed by atoms with Crippen LogP contribution in [0.25, 0.3) is 0 Å². The second-order valence-corrected chi connectivity index (χ2v) is 5.70. The summed E-state index contributed by atoms with van der Waals surface area (Å²) in [5, 5.41) is 3.85. The average molecular weight is 317 g/mol. The number of pyridine rings is 1. The monoisotopic (exact) mass is 316 g/mol. The summed E-state index contributed by atoms with van der Waals surface area (Å²) in [5.41, 5.74) is 2.40. The van der Waals surface area contributed by atoms with Crippen molar-refractivity contribution in [2.75, 3.05) is 19.7 Å². The summed E-state index contributed by atoms with van der Waals surface area (Å²) < 4.78 is 5.66. The van der Waals surface area contributed by atoms with E-state index < -0.39 is 0 Å². The van der Waals surface area contributed by atoms with Crippen molar-refractivity contribution in [1.29, 1.82) is 0 Å². The highest BCUT2D eigenvalue weighted by Gasteiger charge is 2.17. The summed E-state index contributed by atoms with van der Waals surface area (Å²) in [6.45, 7) is 2.35. The minimum Gasteiger partial charge on any atom is -0.369 e. The average Bonchev–Trinajstić information content (AvgIpc) is 2.56. The highest BCUT2D eigenvalue weighted by atomic mass is 35.5. The number of carbonyl (C=O) groups excluding carboxylic acids is 1. The molecule has 1 saturated heterocycles. The quantitative estimate of drug-likeness (QED) is 0.881. The van der Waals surface area contributed by atoms with Crippen molar-refractivity contribution < 1.29 is 9.53 Å². The first kappa shape index (κ1) is 15.2. The van der Waals surface area contributed by atoms with Gasteiger partial charge in [0.1, 0.15) is 6.10 Å². The van der Waals surface area contributed by atoms with Crippen LogP contribution in [0.15, 0.2) is 42.6 Å². The van der Waals surface area contributed by atoms with E-state index in [1.54, 1.807) is 30.5 Å². The third-order valence-electron chi connectivity index (χ3n) is 3.62. The number of nitrogens with one attached hydrogen (secondary N) is 1. The molecule has 0 aliphatic carbocycles. The number of hydrogen-bond donors (Lipinski definition) is 1. The summed E-state index contributed by atoms with van der Waals surface area (Å²) in [6.07, 6.45) is 2.05. The van der Waals surface area contributed by atoms with Gasteiger partial charge in [0.2, 0.25) is 0 Å².